The summed E-state index contributed by atoms with van der Waals surface area (Å²) in [4.78, 5) is 14.8. The van der Waals surface area contributed by atoms with E-state index >= 15 is 0 Å². The lowest BCUT2D eigenvalue weighted by Gasteiger charge is -2.13. The lowest BCUT2D eigenvalue weighted by molar-refractivity contribution is 0.0951. The first-order chi connectivity index (χ1) is 12.6. The maximum atomic E-state index is 12.8. The molecule has 0 bridgehead atoms. The van der Waals surface area contributed by atoms with Gasteiger partial charge in [-0.05, 0) is 32.6 Å². The third kappa shape index (κ3) is 3.83. The molecule has 134 valence electrons. The zero-order chi connectivity index (χ0) is 18.5. The first kappa shape index (κ1) is 17.9. The Morgan fingerprint density at radius 3 is 2.46 bits per heavy atom. The first-order valence-electron chi connectivity index (χ1n) is 8.70. The number of para-hydroxylation sites is 1. The minimum absolute atomic E-state index is 0.106. The molecule has 3 rings (SSSR count). The molecule has 0 aliphatic carbocycles. The van der Waals surface area contributed by atoms with E-state index in [1.165, 1.54) is 0 Å². The van der Waals surface area contributed by atoms with Crippen LogP contribution in [0.4, 0.5) is 0 Å². The molecule has 1 N–H and O–H groups in total. The Kier molecular flexibility index (Phi) is 5.49. The van der Waals surface area contributed by atoms with E-state index in [1.807, 2.05) is 85.2 Å². The molecule has 3 aromatic rings. The van der Waals surface area contributed by atoms with E-state index in [0.29, 0.717) is 12.1 Å². The molecule has 0 aliphatic rings. The van der Waals surface area contributed by atoms with Crippen LogP contribution in [0.2, 0.25) is 0 Å². The summed E-state index contributed by atoms with van der Waals surface area (Å²) in [7, 11) is 3.97. The van der Waals surface area contributed by atoms with Gasteiger partial charge in [-0.25, -0.2) is 4.68 Å². The molecular weight excluding hydrogens is 324 g/mol. The maximum absolute atomic E-state index is 12.8. The number of benzene rings is 2. The summed E-state index contributed by atoms with van der Waals surface area (Å²) < 4.78 is 1.85. The van der Waals surface area contributed by atoms with E-state index in [0.717, 1.165) is 29.1 Å². The van der Waals surface area contributed by atoms with Crippen LogP contribution in [0.15, 0.2) is 60.8 Å². The van der Waals surface area contributed by atoms with Crippen molar-refractivity contribution in [3.63, 3.8) is 0 Å². The van der Waals surface area contributed by atoms with E-state index in [9.17, 15) is 4.79 Å². The molecule has 0 unspecified atom stereocenters. The van der Waals surface area contributed by atoms with Crippen LogP contribution in [-0.2, 0) is 0 Å². The average Bonchev–Trinajstić information content (AvgIpc) is 3.07. The van der Waals surface area contributed by atoms with Crippen LogP contribution in [0.1, 0.15) is 15.9 Å². The highest BCUT2D eigenvalue weighted by Gasteiger charge is 2.20. The van der Waals surface area contributed by atoms with E-state index < -0.39 is 0 Å². The fourth-order valence-electron chi connectivity index (χ4n) is 2.86. The summed E-state index contributed by atoms with van der Waals surface area (Å²) in [6.07, 6.45) is 1.65. The van der Waals surface area contributed by atoms with E-state index in [4.69, 9.17) is 0 Å². The molecule has 5 nitrogen and oxygen atoms in total. The summed E-state index contributed by atoms with van der Waals surface area (Å²) in [5.41, 5.74) is 4.43. The Bertz CT molecular complexity index is 884. The monoisotopic (exact) mass is 348 g/mol. The topological polar surface area (TPSA) is 50.2 Å². The van der Waals surface area contributed by atoms with Crippen molar-refractivity contribution in [2.24, 2.45) is 0 Å². The number of nitrogens with one attached hydrogen (secondary N) is 1. The van der Waals surface area contributed by atoms with E-state index in [-0.39, 0.29) is 5.91 Å². The van der Waals surface area contributed by atoms with Crippen LogP contribution < -0.4 is 5.32 Å². The van der Waals surface area contributed by atoms with Crippen LogP contribution in [0.3, 0.4) is 0 Å². The SMILES string of the molecule is Cc1ccccc1-n1ncc(C(=O)NCCN(C)C)c1-c1ccccc1. The smallest absolute Gasteiger partial charge is 0.255 e. The number of rotatable bonds is 6. The third-order valence-electron chi connectivity index (χ3n) is 4.25. The fourth-order valence-corrected chi connectivity index (χ4v) is 2.86. The van der Waals surface area contributed by atoms with Crippen LogP contribution in [0.25, 0.3) is 16.9 Å². The van der Waals surface area contributed by atoms with Gasteiger partial charge < -0.3 is 10.2 Å². The quantitative estimate of drug-likeness (QED) is 0.744. The molecule has 1 aromatic heterocycles. The van der Waals surface area contributed by atoms with Gasteiger partial charge in [0.25, 0.3) is 5.91 Å². The Balaban J connectivity index is 2.03. The number of amides is 1. The number of aryl methyl sites for hydroxylation is 1. The third-order valence-corrected chi connectivity index (χ3v) is 4.25. The molecule has 0 spiro atoms. The lowest BCUT2D eigenvalue weighted by atomic mass is 10.1. The van der Waals surface area contributed by atoms with Crippen molar-refractivity contribution < 1.29 is 4.79 Å². The van der Waals surface area contributed by atoms with Gasteiger partial charge in [0.15, 0.2) is 0 Å². The Morgan fingerprint density at radius 2 is 1.77 bits per heavy atom. The second-order valence-corrected chi connectivity index (χ2v) is 6.53. The first-order valence-corrected chi connectivity index (χ1v) is 8.70. The molecular formula is C21H24N4O. The molecule has 0 atom stereocenters. The van der Waals surface area contributed by atoms with Crippen molar-refractivity contribution in [1.82, 2.24) is 20.0 Å². The summed E-state index contributed by atoms with van der Waals surface area (Å²) >= 11 is 0. The van der Waals surface area contributed by atoms with Crippen LogP contribution >= 0.6 is 0 Å². The standard InChI is InChI=1S/C21H24N4O/c1-16-9-7-8-12-19(16)25-20(17-10-5-4-6-11-17)18(15-23-25)21(26)22-13-14-24(2)3/h4-12,15H,13-14H2,1-3H3,(H,22,26). The summed E-state index contributed by atoms with van der Waals surface area (Å²) in [6, 6.07) is 18.0. The number of carbonyl (C=O) groups is 1. The maximum Gasteiger partial charge on any atom is 0.255 e. The van der Waals surface area contributed by atoms with Crippen molar-refractivity contribution >= 4 is 5.91 Å². The van der Waals surface area contributed by atoms with Gasteiger partial charge in [-0.15, -0.1) is 0 Å². The molecule has 5 heteroatoms. The number of likely N-dealkylation sites (N-methyl/N-ethyl adjacent to an activating group) is 1. The van der Waals surface area contributed by atoms with Gasteiger partial charge in [0.1, 0.15) is 0 Å². The summed E-state index contributed by atoms with van der Waals surface area (Å²) in [5.74, 6) is -0.106. The van der Waals surface area contributed by atoms with Crippen LogP contribution in [0.5, 0.6) is 0 Å². The Hall–Kier alpha value is -2.92. The minimum Gasteiger partial charge on any atom is -0.351 e. The number of nitrogens with zero attached hydrogens (tertiary/aromatic N) is 3. The molecule has 26 heavy (non-hydrogen) atoms. The Morgan fingerprint density at radius 1 is 1.08 bits per heavy atom. The van der Waals surface area contributed by atoms with Gasteiger partial charge >= 0.3 is 0 Å². The van der Waals surface area contributed by atoms with Crippen molar-refractivity contribution in [3.8, 4) is 16.9 Å². The molecule has 0 saturated heterocycles. The van der Waals surface area contributed by atoms with Gasteiger partial charge in [0.2, 0.25) is 0 Å². The second-order valence-electron chi connectivity index (χ2n) is 6.53. The highest BCUT2D eigenvalue weighted by Crippen LogP contribution is 2.27. The number of hydrogen-bond donors (Lipinski definition) is 1. The van der Waals surface area contributed by atoms with Crippen LogP contribution in [0, 0.1) is 6.92 Å². The summed E-state index contributed by atoms with van der Waals surface area (Å²) in [6.45, 7) is 3.43. The highest BCUT2D eigenvalue weighted by atomic mass is 16.1. The van der Waals surface area contributed by atoms with Gasteiger partial charge in [0, 0.05) is 18.7 Å². The van der Waals surface area contributed by atoms with Gasteiger partial charge in [-0.3, -0.25) is 4.79 Å². The van der Waals surface area contributed by atoms with Crippen LogP contribution in [-0.4, -0.2) is 47.8 Å². The number of hydrogen-bond acceptors (Lipinski definition) is 3. The number of aromatic nitrogens is 2. The molecule has 0 saturated carbocycles. The van der Waals surface area contributed by atoms with E-state index in [2.05, 4.69) is 10.4 Å². The molecule has 1 amide bonds. The van der Waals surface area contributed by atoms with Gasteiger partial charge in [0.05, 0.1) is 23.1 Å². The molecule has 0 fully saturated rings. The predicted molar refractivity (Wildman–Crippen MR) is 105 cm³/mol. The molecule has 2 aromatic carbocycles. The minimum atomic E-state index is -0.106. The van der Waals surface area contributed by atoms with E-state index in [1.54, 1.807) is 6.20 Å². The van der Waals surface area contributed by atoms with Crippen molar-refractivity contribution in [3.05, 3.63) is 71.9 Å². The second kappa shape index (κ2) is 7.97. The molecule has 0 radical (unpaired) electrons. The van der Waals surface area contributed by atoms with Crippen molar-refractivity contribution in [2.75, 3.05) is 27.2 Å². The zero-order valence-corrected chi connectivity index (χ0v) is 15.4. The predicted octanol–water partition coefficient (Wildman–Crippen LogP) is 3.14. The lowest BCUT2D eigenvalue weighted by Crippen LogP contribution is -2.31. The Labute approximate surface area is 154 Å². The van der Waals surface area contributed by atoms with Crippen molar-refractivity contribution in [2.45, 2.75) is 6.92 Å². The average molecular weight is 348 g/mol. The van der Waals surface area contributed by atoms with Gasteiger partial charge in [-0.1, -0.05) is 48.5 Å². The zero-order valence-electron chi connectivity index (χ0n) is 15.4. The highest BCUT2D eigenvalue weighted by molar-refractivity contribution is 6.00. The fraction of sp³-hybridized carbons (Fsp3) is 0.238. The van der Waals surface area contributed by atoms with Gasteiger partial charge in [-0.2, -0.15) is 5.10 Å². The molecule has 1 heterocycles. The summed E-state index contributed by atoms with van der Waals surface area (Å²) in [5, 5.41) is 7.52. The van der Waals surface area contributed by atoms with Crippen molar-refractivity contribution in [1.29, 1.82) is 0 Å². The largest absolute Gasteiger partial charge is 0.351 e. The molecule has 0 aliphatic heterocycles. The normalized spacial score (nSPS) is 10.9. The number of carbonyl (C=O) groups excluding carboxylic acids is 1.